The van der Waals surface area contributed by atoms with Crippen molar-refractivity contribution in [1.82, 2.24) is 14.8 Å². The van der Waals surface area contributed by atoms with Crippen LogP contribution in [0.5, 0.6) is 0 Å². The lowest BCUT2D eigenvalue weighted by atomic mass is 9.94. The Morgan fingerprint density at radius 2 is 2.22 bits per heavy atom. The van der Waals surface area contributed by atoms with E-state index in [0.29, 0.717) is 17.3 Å². The minimum absolute atomic E-state index is 0.0318. The number of piperidine rings is 1. The number of aromatic nitrogens is 1. The van der Waals surface area contributed by atoms with E-state index in [4.69, 9.17) is 5.73 Å². The molecule has 2 rings (SSSR count). The van der Waals surface area contributed by atoms with Gasteiger partial charge in [0.05, 0.1) is 5.69 Å². The lowest BCUT2D eigenvalue weighted by Crippen LogP contribution is -2.49. The van der Waals surface area contributed by atoms with E-state index in [-0.39, 0.29) is 11.9 Å². The monoisotopic (exact) mass is 250 g/mol. The summed E-state index contributed by atoms with van der Waals surface area (Å²) >= 11 is 0. The van der Waals surface area contributed by atoms with E-state index >= 15 is 0 Å². The number of nitrogens with one attached hydrogen (secondary N) is 1. The molecule has 1 aromatic rings. The summed E-state index contributed by atoms with van der Waals surface area (Å²) in [5.74, 6) is 0.445. The number of likely N-dealkylation sites (tertiary alicyclic amines) is 1. The molecule has 0 radical (unpaired) electrons. The Labute approximate surface area is 108 Å². The maximum Gasteiger partial charge on any atom is 0.268 e. The van der Waals surface area contributed by atoms with Gasteiger partial charge in [-0.25, -0.2) is 0 Å². The SMILES string of the molecule is CC1CN(C)CCC1NC(=O)c1cc(N)cn1C. The predicted octanol–water partition coefficient (Wildman–Crippen LogP) is 0.677. The molecule has 3 N–H and O–H groups in total. The molecule has 5 nitrogen and oxygen atoms in total. The standard InChI is InChI=1S/C13H22N4O/c1-9-7-16(2)5-4-11(9)15-13(18)12-6-10(14)8-17(12)3/h6,8-9,11H,4-5,7,14H2,1-3H3,(H,15,18). The highest BCUT2D eigenvalue weighted by Crippen LogP contribution is 2.16. The molecule has 0 bridgehead atoms. The molecule has 100 valence electrons. The quantitative estimate of drug-likeness (QED) is 0.811. The Bertz CT molecular complexity index is 440. The molecule has 0 aliphatic carbocycles. The maximum atomic E-state index is 12.2. The zero-order valence-electron chi connectivity index (χ0n) is 11.3. The molecule has 1 saturated heterocycles. The first kappa shape index (κ1) is 13.0. The van der Waals surface area contributed by atoms with Gasteiger partial charge in [-0.2, -0.15) is 0 Å². The molecular weight excluding hydrogens is 228 g/mol. The van der Waals surface area contributed by atoms with Crippen LogP contribution in [0.1, 0.15) is 23.8 Å². The van der Waals surface area contributed by atoms with E-state index in [0.717, 1.165) is 19.5 Å². The van der Waals surface area contributed by atoms with Crippen molar-refractivity contribution in [3.8, 4) is 0 Å². The minimum atomic E-state index is -0.0318. The van der Waals surface area contributed by atoms with Gasteiger partial charge in [0, 0.05) is 25.8 Å². The van der Waals surface area contributed by atoms with Crippen molar-refractivity contribution in [3.05, 3.63) is 18.0 Å². The second-order valence-electron chi connectivity index (χ2n) is 5.38. The average molecular weight is 250 g/mol. The Balaban J connectivity index is 2.01. The fraction of sp³-hybridized carbons (Fsp3) is 0.615. The van der Waals surface area contributed by atoms with Crippen LogP contribution in [-0.4, -0.2) is 41.6 Å². The first-order chi connectivity index (χ1) is 8.47. The molecule has 1 fully saturated rings. The molecule has 0 spiro atoms. The van der Waals surface area contributed by atoms with Crippen molar-refractivity contribution < 1.29 is 4.79 Å². The summed E-state index contributed by atoms with van der Waals surface area (Å²) < 4.78 is 1.77. The van der Waals surface area contributed by atoms with Crippen molar-refractivity contribution in [1.29, 1.82) is 0 Å². The van der Waals surface area contributed by atoms with Crippen molar-refractivity contribution in [2.75, 3.05) is 25.9 Å². The van der Waals surface area contributed by atoms with Crippen LogP contribution in [0.15, 0.2) is 12.3 Å². The summed E-state index contributed by atoms with van der Waals surface area (Å²) in [6, 6.07) is 1.97. The Morgan fingerprint density at radius 1 is 1.50 bits per heavy atom. The van der Waals surface area contributed by atoms with Gasteiger partial charge < -0.3 is 20.5 Å². The van der Waals surface area contributed by atoms with Gasteiger partial charge in [-0.1, -0.05) is 6.92 Å². The van der Waals surface area contributed by atoms with E-state index in [1.54, 1.807) is 16.8 Å². The molecule has 0 saturated carbocycles. The largest absolute Gasteiger partial charge is 0.397 e. The molecule has 2 unspecified atom stereocenters. The third kappa shape index (κ3) is 2.67. The highest BCUT2D eigenvalue weighted by Gasteiger charge is 2.26. The first-order valence-electron chi connectivity index (χ1n) is 6.38. The normalized spacial score (nSPS) is 25.1. The number of aryl methyl sites for hydroxylation is 1. The molecule has 5 heteroatoms. The third-order valence-corrected chi connectivity index (χ3v) is 3.68. The molecule has 0 aromatic carbocycles. The summed E-state index contributed by atoms with van der Waals surface area (Å²) in [7, 11) is 3.95. The molecule has 1 amide bonds. The van der Waals surface area contributed by atoms with E-state index in [1.165, 1.54) is 0 Å². The number of hydrogen-bond donors (Lipinski definition) is 2. The van der Waals surface area contributed by atoms with Crippen LogP contribution in [0, 0.1) is 5.92 Å². The summed E-state index contributed by atoms with van der Waals surface area (Å²) in [6.45, 7) is 4.24. The molecule has 2 atom stereocenters. The van der Waals surface area contributed by atoms with E-state index in [1.807, 2.05) is 7.05 Å². The van der Waals surface area contributed by atoms with E-state index in [2.05, 4.69) is 24.2 Å². The first-order valence-corrected chi connectivity index (χ1v) is 6.38. The Hall–Kier alpha value is -1.49. The van der Waals surface area contributed by atoms with E-state index < -0.39 is 0 Å². The number of nitrogen functional groups attached to an aromatic ring is 1. The van der Waals surface area contributed by atoms with Crippen LogP contribution in [0.3, 0.4) is 0 Å². The van der Waals surface area contributed by atoms with Gasteiger partial charge in [0.1, 0.15) is 5.69 Å². The highest BCUT2D eigenvalue weighted by molar-refractivity contribution is 5.94. The van der Waals surface area contributed by atoms with Crippen LogP contribution in [-0.2, 0) is 7.05 Å². The van der Waals surface area contributed by atoms with Gasteiger partial charge in [0.25, 0.3) is 5.91 Å². The summed E-state index contributed by atoms with van der Waals surface area (Å²) in [5, 5.41) is 3.12. The van der Waals surface area contributed by atoms with Gasteiger partial charge in [-0.3, -0.25) is 4.79 Å². The molecule has 1 aromatic heterocycles. The highest BCUT2D eigenvalue weighted by atomic mass is 16.2. The Morgan fingerprint density at radius 3 is 2.78 bits per heavy atom. The summed E-state index contributed by atoms with van der Waals surface area (Å²) in [6.07, 6.45) is 2.76. The second kappa shape index (κ2) is 5.02. The third-order valence-electron chi connectivity index (χ3n) is 3.68. The summed E-state index contributed by atoms with van der Waals surface area (Å²) in [5.41, 5.74) is 6.94. The fourth-order valence-electron chi connectivity index (χ4n) is 2.63. The van der Waals surface area contributed by atoms with Crippen LogP contribution in [0.25, 0.3) is 0 Å². The number of carbonyl (C=O) groups excluding carboxylic acids is 1. The zero-order valence-corrected chi connectivity index (χ0v) is 11.3. The molecule has 2 heterocycles. The fourth-order valence-corrected chi connectivity index (χ4v) is 2.63. The van der Waals surface area contributed by atoms with E-state index in [9.17, 15) is 4.79 Å². The predicted molar refractivity (Wildman–Crippen MR) is 72.4 cm³/mol. The van der Waals surface area contributed by atoms with Crippen LogP contribution in [0.4, 0.5) is 5.69 Å². The summed E-state index contributed by atoms with van der Waals surface area (Å²) in [4.78, 5) is 14.5. The maximum absolute atomic E-state index is 12.2. The number of hydrogen-bond acceptors (Lipinski definition) is 3. The van der Waals surface area contributed by atoms with Crippen LogP contribution >= 0.6 is 0 Å². The molecule has 1 aliphatic heterocycles. The number of amides is 1. The van der Waals surface area contributed by atoms with Crippen LogP contribution < -0.4 is 11.1 Å². The van der Waals surface area contributed by atoms with Gasteiger partial charge in [-0.05, 0) is 32.0 Å². The molecule has 1 aliphatic rings. The molecule has 18 heavy (non-hydrogen) atoms. The minimum Gasteiger partial charge on any atom is -0.397 e. The van der Waals surface area contributed by atoms with Crippen molar-refractivity contribution in [3.63, 3.8) is 0 Å². The smallest absolute Gasteiger partial charge is 0.268 e. The Kier molecular flexibility index (Phi) is 3.61. The van der Waals surface area contributed by atoms with Gasteiger partial charge >= 0.3 is 0 Å². The lowest BCUT2D eigenvalue weighted by molar-refractivity contribution is 0.0875. The number of nitrogens with two attached hydrogens (primary N) is 1. The number of anilines is 1. The topological polar surface area (TPSA) is 63.3 Å². The van der Waals surface area contributed by atoms with Crippen molar-refractivity contribution >= 4 is 11.6 Å². The van der Waals surface area contributed by atoms with Gasteiger partial charge in [-0.15, -0.1) is 0 Å². The lowest BCUT2D eigenvalue weighted by Gasteiger charge is -2.35. The van der Waals surface area contributed by atoms with Gasteiger partial charge in [0.15, 0.2) is 0 Å². The number of nitrogens with zero attached hydrogens (tertiary/aromatic N) is 2. The van der Waals surface area contributed by atoms with Crippen LogP contribution in [0.2, 0.25) is 0 Å². The number of rotatable bonds is 2. The number of carbonyl (C=O) groups is 1. The zero-order chi connectivity index (χ0) is 13.3. The average Bonchev–Trinajstić information content (AvgIpc) is 2.62. The second-order valence-corrected chi connectivity index (χ2v) is 5.38. The van der Waals surface area contributed by atoms with Crippen molar-refractivity contribution in [2.24, 2.45) is 13.0 Å². The molecular formula is C13H22N4O. The van der Waals surface area contributed by atoms with Gasteiger partial charge in [0.2, 0.25) is 0 Å². The van der Waals surface area contributed by atoms with Crippen molar-refractivity contribution in [2.45, 2.75) is 19.4 Å².